The molecule has 49 heavy (non-hydrogen) atoms. The van der Waals surface area contributed by atoms with Crippen molar-refractivity contribution in [1.29, 1.82) is 5.26 Å². The number of nitriles is 1. The molecule has 3 N–H and O–H groups in total. The van der Waals surface area contributed by atoms with Crippen LogP contribution in [0.3, 0.4) is 0 Å². The minimum absolute atomic E-state index is 0.0170. The van der Waals surface area contributed by atoms with Gasteiger partial charge >= 0.3 is 5.97 Å². The van der Waals surface area contributed by atoms with Gasteiger partial charge in [0.15, 0.2) is 0 Å². The molecule has 0 radical (unpaired) electrons. The lowest BCUT2D eigenvalue weighted by atomic mass is 9.99. The molecule has 12 nitrogen and oxygen atoms in total. The first-order chi connectivity index (χ1) is 23.2. The first kappa shape index (κ1) is 36.1. The molecule has 3 aromatic rings. The van der Waals surface area contributed by atoms with Crippen LogP contribution >= 0.6 is 23.2 Å². The van der Waals surface area contributed by atoms with E-state index in [1.54, 1.807) is 0 Å². The lowest BCUT2D eigenvalue weighted by Crippen LogP contribution is -2.59. The molecule has 3 atom stereocenters. The molecule has 0 bridgehead atoms. The smallest absolute Gasteiger partial charge is 0.326 e. The number of halogens is 4. The molecule has 1 aromatic heterocycles. The molecule has 2 fully saturated rings. The average Bonchev–Trinajstić information content (AvgIpc) is 3.51. The number of alkyl halides is 2. The van der Waals surface area contributed by atoms with Crippen molar-refractivity contribution in [1.82, 2.24) is 19.5 Å². The van der Waals surface area contributed by atoms with Crippen LogP contribution in [0.15, 0.2) is 65.8 Å². The zero-order valence-electron chi connectivity index (χ0n) is 25.7. The van der Waals surface area contributed by atoms with Gasteiger partial charge < -0.3 is 15.7 Å². The number of likely N-dealkylation sites (tertiary alicyclic amines) is 1. The summed E-state index contributed by atoms with van der Waals surface area (Å²) in [6.45, 7) is -0.665. The number of carbonyl (C=O) groups is 3. The monoisotopic (exact) mass is 734 g/mol. The second-order valence-corrected chi connectivity index (χ2v) is 14.4. The Morgan fingerprint density at radius 1 is 1.10 bits per heavy atom. The van der Waals surface area contributed by atoms with Gasteiger partial charge in [-0.05, 0) is 55.3 Å². The standard InChI is InChI=1S/C32H30Cl2F2N6O6S/c33-23-16-38-17-24(34)27(23)29(43)39-21-7-5-19(6-8-21)14-25(31(45)46)40-30(44)28-26(41-11-2-10-32(35,36)18-41)9-12-42(28)49(47,48)22-4-1-3-20(13-22)15-37/h1,3-8,13,16-17,25-26,28H,2,9-12,14,18H2,(H,39,43)(H,40,44)(H,45,46)/t25-,26?,28-/m0/s1. The number of anilines is 1. The van der Waals surface area contributed by atoms with Crippen molar-refractivity contribution in [2.75, 3.05) is 25.0 Å². The summed E-state index contributed by atoms with van der Waals surface area (Å²) in [7, 11) is -4.42. The lowest BCUT2D eigenvalue weighted by molar-refractivity contribution is -0.142. The summed E-state index contributed by atoms with van der Waals surface area (Å²) < 4.78 is 57.5. The highest BCUT2D eigenvalue weighted by atomic mass is 35.5. The van der Waals surface area contributed by atoms with Crippen LogP contribution in [0.4, 0.5) is 14.5 Å². The molecule has 2 aromatic carbocycles. The molecule has 2 aliphatic heterocycles. The number of hydrogen-bond donors (Lipinski definition) is 3. The molecule has 2 saturated heterocycles. The van der Waals surface area contributed by atoms with Crippen LogP contribution in [0.5, 0.6) is 0 Å². The Balaban J connectivity index is 1.36. The number of rotatable bonds is 10. The summed E-state index contributed by atoms with van der Waals surface area (Å²) in [4.78, 5) is 43.9. The van der Waals surface area contributed by atoms with Crippen molar-refractivity contribution in [3.05, 3.63) is 87.7 Å². The third-order valence-electron chi connectivity index (χ3n) is 8.40. The molecular weight excluding hydrogens is 705 g/mol. The number of aliphatic carboxylic acids is 1. The Morgan fingerprint density at radius 3 is 2.43 bits per heavy atom. The second kappa shape index (κ2) is 14.7. The van der Waals surface area contributed by atoms with E-state index in [1.165, 1.54) is 59.8 Å². The van der Waals surface area contributed by atoms with Crippen LogP contribution in [0, 0.1) is 11.3 Å². The topological polar surface area (TPSA) is 173 Å². The first-order valence-corrected chi connectivity index (χ1v) is 17.3. The second-order valence-electron chi connectivity index (χ2n) is 11.7. The van der Waals surface area contributed by atoms with Crippen LogP contribution in [-0.4, -0.2) is 89.2 Å². The first-order valence-electron chi connectivity index (χ1n) is 15.1. The van der Waals surface area contributed by atoms with Crippen LogP contribution in [0.2, 0.25) is 10.0 Å². The fourth-order valence-electron chi connectivity index (χ4n) is 6.09. The number of nitrogens with zero attached hydrogens (tertiary/aromatic N) is 4. The summed E-state index contributed by atoms with van der Waals surface area (Å²) in [6.07, 6.45) is 2.14. The highest BCUT2D eigenvalue weighted by Crippen LogP contribution is 2.35. The maximum atomic E-state index is 14.5. The third-order valence-corrected chi connectivity index (χ3v) is 10.8. The molecule has 17 heteroatoms. The van der Waals surface area contributed by atoms with Gasteiger partial charge in [-0.3, -0.25) is 19.5 Å². The van der Waals surface area contributed by atoms with Gasteiger partial charge in [-0.1, -0.05) is 41.4 Å². The highest BCUT2D eigenvalue weighted by molar-refractivity contribution is 7.89. The number of benzene rings is 2. The number of amides is 2. The van der Waals surface area contributed by atoms with Crippen LogP contribution in [0.1, 0.15) is 40.7 Å². The van der Waals surface area contributed by atoms with E-state index in [0.29, 0.717) is 11.3 Å². The lowest BCUT2D eigenvalue weighted by Gasteiger charge is -2.39. The Kier molecular flexibility index (Phi) is 10.9. The number of sulfonamides is 1. The van der Waals surface area contributed by atoms with Crippen molar-refractivity contribution in [3.8, 4) is 6.07 Å². The molecule has 0 aliphatic carbocycles. The van der Waals surface area contributed by atoms with E-state index in [1.807, 2.05) is 6.07 Å². The Bertz CT molecular complexity index is 1890. The van der Waals surface area contributed by atoms with Crippen molar-refractivity contribution >= 4 is 56.7 Å². The Labute approximate surface area is 290 Å². The number of carbonyl (C=O) groups excluding carboxylic acids is 2. The van der Waals surface area contributed by atoms with Crippen LogP contribution in [-0.2, 0) is 26.0 Å². The van der Waals surface area contributed by atoms with Gasteiger partial charge in [0.1, 0.15) is 12.1 Å². The van der Waals surface area contributed by atoms with Crippen LogP contribution in [0.25, 0.3) is 0 Å². The van der Waals surface area contributed by atoms with E-state index in [9.17, 15) is 42.0 Å². The summed E-state index contributed by atoms with van der Waals surface area (Å²) in [5.74, 6) is -6.02. The SMILES string of the molecule is N#Cc1cccc(S(=O)(=O)N2CCC(N3CCCC(F)(F)C3)[C@H]2C(=O)N[C@@H](Cc2ccc(NC(=O)c3c(Cl)cncc3Cl)cc2)C(=O)O)c1. The quantitative estimate of drug-likeness (QED) is 0.276. The van der Waals surface area contributed by atoms with Gasteiger partial charge in [0, 0.05) is 43.5 Å². The molecule has 258 valence electrons. The number of carboxylic acids is 1. The van der Waals surface area contributed by atoms with Gasteiger partial charge in [-0.2, -0.15) is 9.57 Å². The molecule has 3 heterocycles. The van der Waals surface area contributed by atoms with E-state index >= 15 is 0 Å². The van der Waals surface area contributed by atoms with E-state index in [2.05, 4.69) is 15.6 Å². The fourth-order valence-corrected chi connectivity index (χ4v) is 8.30. The number of hydrogen-bond acceptors (Lipinski definition) is 8. The van der Waals surface area contributed by atoms with E-state index in [-0.39, 0.29) is 64.8 Å². The van der Waals surface area contributed by atoms with Gasteiger partial charge in [-0.25, -0.2) is 22.0 Å². The number of carboxylic acid groups (broad SMARTS) is 1. The predicted molar refractivity (Wildman–Crippen MR) is 175 cm³/mol. The summed E-state index contributed by atoms with van der Waals surface area (Å²) in [6, 6.07) is 9.12. The van der Waals surface area contributed by atoms with Gasteiger partial charge in [-0.15, -0.1) is 0 Å². The van der Waals surface area contributed by atoms with Gasteiger partial charge in [0.05, 0.1) is 38.7 Å². The zero-order valence-corrected chi connectivity index (χ0v) is 28.0. The Hall–Kier alpha value is -4.20. The van der Waals surface area contributed by atoms with E-state index in [0.717, 1.165) is 10.4 Å². The fraction of sp³-hybridized carbons (Fsp3) is 0.344. The zero-order chi connectivity index (χ0) is 35.5. The third kappa shape index (κ3) is 8.17. The van der Waals surface area contributed by atoms with Crippen molar-refractivity contribution in [2.45, 2.75) is 54.6 Å². The van der Waals surface area contributed by atoms with E-state index < -0.39 is 58.4 Å². The largest absolute Gasteiger partial charge is 0.480 e. The molecule has 2 aliphatic rings. The molecule has 1 unspecified atom stereocenters. The number of piperidine rings is 1. The van der Waals surface area contributed by atoms with Crippen molar-refractivity contribution < 1.29 is 36.7 Å². The van der Waals surface area contributed by atoms with Crippen molar-refractivity contribution in [3.63, 3.8) is 0 Å². The normalized spacial score (nSPS) is 20.2. The highest BCUT2D eigenvalue weighted by Gasteiger charge is 2.51. The van der Waals surface area contributed by atoms with Gasteiger partial charge in [0.25, 0.3) is 11.8 Å². The summed E-state index contributed by atoms with van der Waals surface area (Å²) >= 11 is 12.1. The molecule has 2 amide bonds. The summed E-state index contributed by atoms with van der Waals surface area (Å²) in [5.41, 5.74) is 0.863. The summed E-state index contributed by atoms with van der Waals surface area (Å²) in [5, 5.41) is 24.5. The minimum Gasteiger partial charge on any atom is -0.480 e. The maximum absolute atomic E-state index is 14.5. The molecular formula is C32H30Cl2F2N6O6S. The molecule has 0 saturated carbocycles. The van der Waals surface area contributed by atoms with Gasteiger partial charge in [0.2, 0.25) is 15.9 Å². The Morgan fingerprint density at radius 2 is 1.80 bits per heavy atom. The van der Waals surface area contributed by atoms with E-state index in [4.69, 9.17) is 23.2 Å². The minimum atomic E-state index is -4.42. The average molecular weight is 736 g/mol. The number of nitrogens with one attached hydrogen (secondary N) is 2. The number of pyridine rings is 1. The van der Waals surface area contributed by atoms with Crippen LogP contribution < -0.4 is 10.6 Å². The number of aromatic nitrogens is 1. The van der Waals surface area contributed by atoms with Crippen molar-refractivity contribution in [2.24, 2.45) is 0 Å². The molecule has 5 rings (SSSR count). The molecule has 0 spiro atoms. The predicted octanol–water partition coefficient (Wildman–Crippen LogP) is 4.19. The maximum Gasteiger partial charge on any atom is 0.326 e.